The molecule has 0 radical (unpaired) electrons. The van der Waals surface area contributed by atoms with Gasteiger partial charge in [-0.3, -0.25) is 9.59 Å². The molecule has 3 atom stereocenters. The smallest absolute Gasteiger partial charge is 0.251 e. The van der Waals surface area contributed by atoms with E-state index in [-0.39, 0.29) is 11.8 Å². The number of piperazine rings is 1. The molecule has 1 aromatic heterocycles. The van der Waals surface area contributed by atoms with E-state index >= 15 is 0 Å². The van der Waals surface area contributed by atoms with Crippen LogP contribution >= 0.6 is 0 Å². The molecular weight excluding hydrogens is 494 g/mol. The number of hydrogen-bond acceptors (Lipinski definition) is 7. The molecule has 1 aliphatic heterocycles. The number of nitrogens with one attached hydrogen (secondary N) is 2. The van der Waals surface area contributed by atoms with E-state index in [0.29, 0.717) is 37.0 Å². The second-order valence-corrected chi connectivity index (χ2v) is 10.4. The molecule has 10 nitrogen and oxygen atoms in total. The van der Waals surface area contributed by atoms with Crippen molar-refractivity contribution in [2.75, 3.05) is 46.9 Å². The highest BCUT2D eigenvalue weighted by Gasteiger charge is 2.37. The van der Waals surface area contributed by atoms with Crippen LogP contribution in [0.3, 0.4) is 0 Å². The van der Waals surface area contributed by atoms with Crippen LogP contribution in [-0.2, 0) is 4.79 Å². The first kappa shape index (κ1) is 26.8. The predicted molar refractivity (Wildman–Crippen MR) is 148 cm³/mol. The van der Waals surface area contributed by atoms with Crippen molar-refractivity contribution in [3.8, 4) is 11.4 Å². The Bertz CT molecular complexity index is 1220. The Morgan fingerprint density at radius 2 is 1.79 bits per heavy atom. The summed E-state index contributed by atoms with van der Waals surface area (Å²) in [5, 5.41) is 14.5. The van der Waals surface area contributed by atoms with Gasteiger partial charge in [0.1, 0.15) is 11.8 Å². The average Bonchev–Trinajstić information content (AvgIpc) is 3.53. The monoisotopic (exact) mass is 531 g/mol. The fourth-order valence-electron chi connectivity index (χ4n) is 5.09. The predicted octanol–water partition coefficient (Wildman–Crippen LogP) is 2.07. The first-order chi connectivity index (χ1) is 19.0. The van der Waals surface area contributed by atoms with Gasteiger partial charge < -0.3 is 25.2 Å². The number of methoxy groups -OCH3 is 1. The lowest BCUT2D eigenvalue weighted by atomic mass is 10.1. The van der Waals surface area contributed by atoms with Gasteiger partial charge in [-0.05, 0) is 74.8 Å². The summed E-state index contributed by atoms with van der Waals surface area (Å²) in [6.45, 7) is 3.83. The van der Waals surface area contributed by atoms with E-state index in [9.17, 15) is 9.59 Å². The summed E-state index contributed by atoms with van der Waals surface area (Å²) < 4.78 is 6.89. The lowest BCUT2D eigenvalue weighted by molar-refractivity contribution is -0.135. The van der Waals surface area contributed by atoms with Crippen molar-refractivity contribution in [3.05, 3.63) is 72.1 Å². The third-order valence-corrected chi connectivity index (χ3v) is 7.65. The van der Waals surface area contributed by atoms with Gasteiger partial charge in [0.05, 0.1) is 25.2 Å². The summed E-state index contributed by atoms with van der Waals surface area (Å²) in [4.78, 5) is 30.7. The van der Waals surface area contributed by atoms with Crippen molar-refractivity contribution in [3.63, 3.8) is 0 Å². The molecule has 2 aromatic carbocycles. The Labute approximate surface area is 229 Å². The summed E-state index contributed by atoms with van der Waals surface area (Å²) in [6.07, 6.45) is 5.83. The topological polar surface area (TPSA) is 105 Å². The molecule has 2 N–H and O–H groups in total. The Morgan fingerprint density at radius 1 is 1.05 bits per heavy atom. The summed E-state index contributed by atoms with van der Waals surface area (Å²) >= 11 is 0. The molecule has 39 heavy (non-hydrogen) atoms. The maximum Gasteiger partial charge on any atom is 0.251 e. The summed E-state index contributed by atoms with van der Waals surface area (Å²) in [5.74, 6) is 1.13. The molecule has 5 rings (SSSR count). The van der Waals surface area contributed by atoms with E-state index in [1.54, 1.807) is 36.3 Å². The molecule has 0 bridgehead atoms. The Hall–Kier alpha value is -3.76. The van der Waals surface area contributed by atoms with Crippen LogP contribution in [0, 0.1) is 0 Å². The van der Waals surface area contributed by atoms with Crippen molar-refractivity contribution < 1.29 is 14.3 Å². The van der Waals surface area contributed by atoms with Gasteiger partial charge in [0.15, 0.2) is 0 Å². The standard InChI is InChI=1S/C29H37N7O3/c1-34-16-18-35(19-17-34)29(38)26(32-28(37)22-5-9-23(10-6-22)36-15-14-31-33-36)4-3-13-30-27-20-25(27)21-7-11-24(39-2)12-8-21/h5-12,14-15,25-27,30H,3-4,13,16-20H2,1-2H3,(H,32,37)/t25-,26?,27+/m0/s1. The number of carbonyl (C=O) groups excluding carboxylic acids is 2. The molecule has 1 aliphatic carbocycles. The fraction of sp³-hybridized carbons (Fsp3) is 0.448. The maximum absolute atomic E-state index is 13.5. The Balaban J connectivity index is 1.16. The molecule has 2 amide bonds. The molecule has 2 fully saturated rings. The Morgan fingerprint density at radius 3 is 2.46 bits per heavy atom. The van der Waals surface area contributed by atoms with Crippen LogP contribution in [0.25, 0.3) is 5.69 Å². The first-order valence-corrected chi connectivity index (χ1v) is 13.6. The highest BCUT2D eigenvalue weighted by Crippen LogP contribution is 2.41. The number of carbonyl (C=O) groups is 2. The first-order valence-electron chi connectivity index (χ1n) is 13.6. The van der Waals surface area contributed by atoms with E-state index in [1.165, 1.54) is 5.56 Å². The molecular formula is C29H37N7O3. The Kier molecular flexibility index (Phi) is 8.53. The third kappa shape index (κ3) is 6.82. The quantitative estimate of drug-likeness (QED) is 0.365. The second kappa shape index (κ2) is 12.4. The van der Waals surface area contributed by atoms with Crippen LogP contribution in [0.4, 0.5) is 0 Å². The molecule has 10 heteroatoms. The number of amides is 2. The largest absolute Gasteiger partial charge is 0.497 e. The van der Waals surface area contributed by atoms with Crippen molar-refractivity contribution in [2.45, 2.75) is 37.3 Å². The SMILES string of the molecule is COc1ccc([C@@H]2C[C@H]2NCCCC(NC(=O)c2ccc(-n3ccnn3)cc2)C(=O)N2CCN(C)CC2)cc1. The van der Waals surface area contributed by atoms with E-state index in [4.69, 9.17) is 4.74 Å². The van der Waals surface area contributed by atoms with Gasteiger partial charge in [-0.15, -0.1) is 5.10 Å². The number of aromatic nitrogens is 3. The minimum absolute atomic E-state index is 0.00165. The van der Waals surface area contributed by atoms with Crippen LogP contribution < -0.4 is 15.4 Å². The number of rotatable bonds is 11. The summed E-state index contributed by atoms with van der Waals surface area (Å²) in [5.41, 5.74) is 2.64. The summed E-state index contributed by atoms with van der Waals surface area (Å²) in [6, 6.07) is 15.3. The van der Waals surface area contributed by atoms with Gasteiger partial charge >= 0.3 is 0 Å². The zero-order chi connectivity index (χ0) is 27.2. The molecule has 0 spiro atoms. The third-order valence-electron chi connectivity index (χ3n) is 7.65. The highest BCUT2D eigenvalue weighted by molar-refractivity contribution is 5.97. The van der Waals surface area contributed by atoms with E-state index in [0.717, 1.165) is 43.9 Å². The van der Waals surface area contributed by atoms with E-state index in [2.05, 4.69) is 45.0 Å². The fourth-order valence-corrected chi connectivity index (χ4v) is 5.09. The minimum atomic E-state index is -0.561. The highest BCUT2D eigenvalue weighted by atomic mass is 16.5. The summed E-state index contributed by atoms with van der Waals surface area (Å²) in [7, 11) is 3.74. The van der Waals surface area contributed by atoms with Crippen LogP contribution in [0.1, 0.15) is 41.1 Å². The molecule has 2 heterocycles. The normalized spacial score (nSPS) is 19.9. The molecule has 1 saturated heterocycles. The minimum Gasteiger partial charge on any atom is -0.497 e. The molecule has 206 valence electrons. The molecule has 2 aliphatic rings. The van der Waals surface area contributed by atoms with Gasteiger partial charge in [0.25, 0.3) is 5.91 Å². The maximum atomic E-state index is 13.5. The van der Waals surface area contributed by atoms with Crippen molar-refractivity contribution in [2.24, 2.45) is 0 Å². The van der Waals surface area contributed by atoms with Crippen molar-refractivity contribution in [1.29, 1.82) is 0 Å². The average molecular weight is 532 g/mol. The lowest BCUT2D eigenvalue weighted by Gasteiger charge is -2.34. The number of likely N-dealkylation sites (N-methyl/N-ethyl adjacent to an activating group) is 1. The number of benzene rings is 2. The van der Waals surface area contributed by atoms with Crippen LogP contribution in [-0.4, -0.2) is 95.6 Å². The zero-order valence-corrected chi connectivity index (χ0v) is 22.6. The van der Waals surface area contributed by atoms with Gasteiger partial charge in [-0.2, -0.15) is 0 Å². The molecule has 3 aromatic rings. The lowest BCUT2D eigenvalue weighted by Crippen LogP contribution is -2.54. The molecule has 1 saturated carbocycles. The number of nitrogens with zero attached hydrogens (tertiary/aromatic N) is 5. The van der Waals surface area contributed by atoms with Crippen LogP contribution in [0.5, 0.6) is 5.75 Å². The zero-order valence-electron chi connectivity index (χ0n) is 22.6. The van der Waals surface area contributed by atoms with Crippen LogP contribution in [0.2, 0.25) is 0 Å². The van der Waals surface area contributed by atoms with E-state index < -0.39 is 6.04 Å². The number of ether oxygens (including phenoxy) is 1. The van der Waals surface area contributed by atoms with Crippen molar-refractivity contribution in [1.82, 2.24) is 35.4 Å². The molecule has 1 unspecified atom stereocenters. The number of hydrogen-bond donors (Lipinski definition) is 2. The van der Waals surface area contributed by atoms with Crippen molar-refractivity contribution >= 4 is 11.8 Å². The van der Waals surface area contributed by atoms with Crippen LogP contribution in [0.15, 0.2) is 60.9 Å². The van der Waals surface area contributed by atoms with Gasteiger partial charge in [0, 0.05) is 43.7 Å². The second-order valence-electron chi connectivity index (χ2n) is 10.4. The van der Waals surface area contributed by atoms with E-state index in [1.807, 2.05) is 29.2 Å². The van der Waals surface area contributed by atoms with Gasteiger partial charge in [-0.1, -0.05) is 17.3 Å². The van der Waals surface area contributed by atoms with Gasteiger partial charge in [0.2, 0.25) is 5.91 Å². The van der Waals surface area contributed by atoms with Gasteiger partial charge in [-0.25, -0.2) is 4.68 Å².